The summed E-state index contributed by atoms with van der Waals surface area (Å²) >= 11 is 0. The minimum absolute atomic E-state index is 0.0646. The Labute approximate surface area is 98.5 Å². The molecule has 1 unspecified atom stereocenters. The highest BCUT2D eigenvalue weighted by atomic mass is 16.6. The van der Waals surface area contributed by atoms with Crippen LogP contribution in [0.15, 0.2) is 35.0 Å². The van der Waals surface area contributed by atoms with Crippen molar-refractivity contribution in [2.75, 3.05) is 0 Å². The third-order valence-electron chi connectivity index (χ3n) is 2.63. The van der Waals surface area contributed by atoms with E-state index >= 15 is 0 Å². The van der Waals surface area contributed by atoms with Crippen LogP contribution in [0.1, 0.15) is 19.4 Å². The topological polar surface area (TPSA) is 64.7 Å². The minimum Gasteiger partial charge on any atom is -0.388 e. The molecule has 0 radical (unpaired) electrons. The van der Waals surface area contributed by atoms with Gasteiger partial charge in [0.2, 0.25) is 0 Å². The number of rotatable bonds is 2. The molecular formula is C12H12N2O3. The van der Waals surface area contributed by atoms with Crippen LogP contribution < -0.4 is 0 Å². The maximum Gasteiger partial charge on any atom is 0.269 e. The molecule has 0 spiro atoms. The van der Waals surface area contributed by atoms with E-state index in [4.69, 9.17) is 4.84 Å². The lowest BCUT2D eigenvalue weighted by Gasteiger charge is -2.03. The van der Waals surface area contributed by atoms with Gasteiger partial charge in [-0.25, -0.2) is 0 Å². The highest BCUT2D eigenvalue weighted by Crippen LogP contribution is 2.21. The first kappa shape index (κ1) is 11.3. The van der Waals surface area contributed by atoms with Gasteiger partial charge in [0.1, 0.15) is 0 Å². The van der Waals surface area contributed by atoms with E-state index in [1.165, 1.54) is 12.1 Å². The SMILES string of the molecule is CC1=NOC(C)/C1=C\c1ccc([N+](=O)[O-])cc1. The fourth-order valence-corrected chi connectivity index (χ4v) is 1.66. The van der Waals surface area contributed by atoms with Crippen molar-refractivity contribution in [3.63, 3.8) is 0 Å². The van der Waals surface area contributed by atoms with E-state index in [0.29, 0.717) is 0 Å². The van der Waals surface area contributed by atoms with Gasteiger partial charge in [0.15, 0.2) is 6.10 Å². The fourth-order valence-electron chi connectivity index (χ4n) is 1.66. The van der Waals surface area contributed by atoms with Gasteiger partial charge in [-0.2, -0.15) is 0 Å². The van der Waals surface area contributed by atoms with Crippen LogP contribution in [0.5, 0.6) is 0 Å². The zero-order chi connectivity index (χ0) is 12.4. The molecule has 0 aliphatic carbocycles. The van der Waals surface area contributed by atoms with Crippen molar-refractivity contribution >= 4 is 17.5 Å². The molecule has 0 saturated heterocycles. The lowest BCUT2D eigenvalue weighted by atomic mass is 10.0. The maximum absolute atomic E-state index is 10.5. The van der Waals surface area contributed by atoms with E-state index in [1.807, 2.05) is 19.9 Å². The van der Waals surface area contributed by atoms with Gasteiger partial charge in [0.25, 0.3) is 5.69 Å². The van der Waals surface area contributed by atoms with Gasteiger partial charge in [-0.15, -0.1) is 0 Å². The monoisotopic (exact) mass is 232 g/mol. The number of benzene rings is 1. The maximum atomic E-state index is 10.5. The molecule has 5 nitrogen and oxygen atoms in total. The smallest absolute Gasteiger partial charge is 0.269 e. The molecule has 1 aromatic carbocycles. The molecule has 2 rings (SSSR count). The van der Waals surface area contributed by atoms with Crippen molar-refractivity contribution in [2.24, 2.45) is 5.16 Å². The predicted molar refractivity (Wildman–Crippen MR) is 64.7 cm³/mol. The van der Waals surface area contributed by atoms with E-state index in [1.54, 1.807) is 12.1 Å². The van der Waals surface area contributed by atoms with Crippen LogP contribution in [0, 0.1) is 10.1 Å². The number of oxime groups is 1. The van der Waals surface area contributed by atoms with Crippen LogP contribution >= 0.6 is 0 Å². The quantitative estimate of drug-likeness (QED) is 0.581. The molecule has 1 atom stereocenters. The molecule has 88 valence electrons. The van der Waals surface area contributed by atoms with Gasteiger partial charge < -0.3 is 4.84 Å². The summed E-state index contributed by atoms with van der Waals surface area (Å²) in [5, 5.41) is 14.4. The van der Waals surface area contributed by atoms with Gasteiger partial charge in [-0.3, -0.25) is 10.1 Å². The summed E-state index contributed by atoms with van der Waals surface area (Å²) in [5.41, 5.74) is 2.83. The van der Waals surface area contributed by atoms with E-state index in [2.05, 4.69) is 5.16 Å². The second-order valence-electron chi connectivity index (χ2n) is 3.87. The van der Waals surface area contributed by atoms with E-state index in [9.17, 15) is 10.1 Å². The summed E-state index contributed by atoms with van der Waals surface area (Å²) < 4.78 is 0. The number of hydrogen-bond acceptors (Lipinski definition) is 4. The molecule has 0 fully saturated rings. The summed E-state index contributed by atoms with van der Waals surface area (Å²) in [5.74, 6) is 0. The summed E-state index contributed by atoms with van der Waals surface area (Å²) in [7, 11) is 0. The summed E-state index contributed by atoms with van der Waals surface area (Å²) in [4.78, 5) is 15.2. The van der Waals surface area contributed by atoms with Crippen LogP contribution in [0.4, 0.5) is 5.69 Å². The average Bonchev–Trinajstić information content (AvgIpc) is 2.61. The van der Waals surface area contributed by atoms with Crippen molar-refractivity contribution in [3.8, 4) is 0 Å². The van der Waals surface area contributed by atoms with Gasteiger partial charge in [0.05, 0.1) is 10.6 Å². The van der Waals surface area contributed by atoms with Crippen LogP contribution in [-0.4, -0.2) is 16.7 Å². The predicted octanol–water partition coefficient (Wildman–Crippen LogP) is 2.77. The van der Waals surface area contributed by atoms with E-state index < -0.39 is 4.92 Å². The Bertz CT molecular complexity index is 503. The summed E-state index contributed by atoms with van der Waals surface area (Å²) in [6, 6.07) is 6.39. The Morgan fingerprint density at radius 3 is 2.53 bits per heavy atom. The molecule has 0 bridgehead atoms. The lowest BCUT2D eigenvalue weighted by molar-refractivity contribution is -0.384. The number of hydrogen-bond donors (Lipinski definition) is 0. The van der Waals surface area contributed by atoms with Crippen molar-refractivity contribution in [2.45, 2.75) is 20.0 Å². The van der Waals surface area contributed by atoms with Crippen molar-refractivity contribution in [1.29, 1.82) is 0 Å². The van der Waals surface area contributed by atoms with E-state index in [-0.39, 0.29) is 11.8 Å². The molecular weight excluding hydrogens is 220 g/mol. The highest BCUT2D eigenvalue weighted by Gasteiger charge is 2.19. The molecule has 1 aliphatic heterocycles. The van der Waals surface area contributed by atoms with Gasteiger partial charge in [-0.1, -0.05) is 5.16 Å². The van der Waals surface area contributed by atoms with Gasteiger partial charge in [0, 0.05) is 17.7 Å². The zero-order valence-electron chi connectivity index (χ0n) is 9.58. The molecule has 0 saturated carbocycles. The highest BCUT2D eigenvalue weighted by molar-refractivity contribution is 6.03. The molecule has 5 heteroatoms. The summed E-state index contributed by atoms with van der Waals surface area (Å²) in [6.07, 6.45) is 1.87. The number of nitro benzene ring substituents is 1. The number of non-ortho nitro benzene ring substituents is 1. The summed E-state index contributed by atoms with van der Waals surface area (Å²) in [6.45, 7) is 3.79. The number of nitrogens with zero attached hydrogens (tertiary/aromatic N) is 2. The third kappa shape index (κ3) is 2.33. The number of nitro groups is 1. The Balaban J connectivity index is 2.27. The Hall–Kier alpha value is -2.17. The average molecular weight is 232 g/mol. The normalized spacial score (nSPS) is 21.2. The second-order valence-corrected chi connectivity index (χ2v) is 3.87. The van der Waals surface area contributed by atoms with Crippen molar-refractivity contribution in [1.82, 2.24) is 0 Å². The molecule has 0 amide bonds. The third-order valence-corrected chi connectivity index (χ3v) is 2.63. The minimum atomic E-state index is -0.412. The van der Waals surface area contributed by atoms with E-state index in [0.717, 1.165) is 16.8 Å². The lowest BCUT2D eigenvalue weighted by Crippen LogP contribution is -2.05. The van der Waals surface area contributed by atoms with Crippen molar-refractivity contribution in [3.05, 3.63) is 45.5 Å². The van der Waals surface area contributed by atoms with Gasteiger partial charge in [-0.05, 0) is 37.6 Å². The molecule has 0 N–H and O–H groups in total. The Morgan fingerprint density at radius 2 is 2.06 bits per heavy atom. The molecule has 17 heavy (non-hydrogen) atoms. The standard InChI is InChI=1S/C12H12N2O3/c1-8-12(9(2)17-13-8)7-10-3-5-11(6-4-10)14(15)16/h3-7,9H,1-2H3/b12-7-. The Morgan fingerprint density at radius 1 is 1.41 bits per heavy atom. The zero-order valence-corrected chi connectivity index (χ0v) is 9.58. The van der Waals surface area contributed by atoms with Crippen LogP contribution in [0.2, 0.25) is 0 Å². The molecule has 1 aliphatic rings. The van der Waals surface area contributed by atoms with Crippen LogP contribution in [0.25, 0.3) is 6.08 Å². The first-order valence-electron chi connectivity index (χ1n) is 5.25. The first-order chi connectivity index (χ1) is 8.08. The van der Waals surface area contributed by atoms with Crippen LogP contribution in [-0.2, 0) is 4.84 Å². The molecule has 0 aromatic heterocycles. The Kier molecular flexibility index (Phi) is 2.91. The van der Waals surface area contributed by atoms with Crippen LogP contribution in [0.3, 0.4) is 0 Å². The molecule has 1 heterocycles. The van der Waals surface area contributed by atoms with Gasteiger partial charge >= 0.3 is 0 Å². The second kappa shape index (κ2) is 4.37. The molecule has 1 aromatic rings. The fraction of sp³-hybridized carbons (Fsp3) is 0.250. The first-order valence-corrected chi connectivity index (χ1v) is 5.25. The van der Waals surface area contributed by atoms with Crippen molar-refractivity contribution < 1.29 is 9.76 Å². The largest absolute Gasteiger partial charge is 0.388 e.